The lowest BCUT2D eigenvalue weighted by Gasteiger charge is -2.16. The first kappa shape index (κ1) is 22.6. The van der Waals surface area contributed by atoms with Crippen LogP contribution in [-0.2, 0) is 21.4 Å². The van der Waals surface area contributed by atoms with E-state index in [-0.39, 0.29) is 23.0 Å². The lowest BCUT2D eigenvalue weighted by Crippen LogP contribution is -2.31. The fourth-order valence-electron chi connectivity index (χ4n) is 3.59. The van der Waals surface area contributed by atoms with Gasteiger partial charge in [0.1, 0.15) is 22.2 Å². The lowest BCUT2D eigenvalue weighted by molar-refractivity contribution is -0.130. The van der Waals surface area contributed by atoms with Crippen molar-refractivity contribution in [2.24, 2.45) is 0 Å². The van der Waals surface area contributed by atoms with E-state index < -0.39 is 10.0 Å². The van der Waals surface area contributed by atoms with Crippen LogP contribution in [0.3, 0.4) is 0 Å². The number of anilines is 1. The maximum Gasteiger partial charge on any atom is 0.263 e. The zero-order chi connectivity index (χ0) is 22.9. The number of methoxy groups -OCH3 is 1. The largest absolute Gasteiger partial charge is 0.495 e. The zero-order valence-electron chi connectivity index (χ0n) is 17.7. The molecule has 0 atom stereocenters. The number of thiazole rings is 1. The molecule has 11 heteroatoms. The van der Waals surface area contributed by atoms with Gasteiger partial charge in [0, 0.05) is 35.4 Å². The molecule has 1 aromatic carbocycles. The van der Waals surface area contributed by atoms with E-state index in [1.165, 1.54) is 36.8 Å². The third-order valence-corrected chi connectivity index (χ3v) is 7.74. The number of nitrogens with one attached hydrogen (secondary N) is 1. The summed E-state index contributed by atoms with van der Waals surface area (Å²) in [5.41, 5.74) is 1.64. The van der Waals surface area contributed by atoms with E-state index in [2.05, 4.69) is 9.71 Å². The Bertz CT molecular complexity index is 1250. The van der Waals surface area contributed by atoms with Gasteiger partial charge < -0.3 is 14.2 Å². The highest BCUT2D eigenvalue weighted by Gasteiger charge is 2.25. The van der Waals surface area contributed by atoms with Crippen LogP contribution in [0.15, 0.2) is 40.7 Å². The van der Waals surface area contributed by atoms with Crippen molar-refractivity contribution in [3.05, 3.63) is 46.6 Å². The van der Waals surface area contributed by atoms with Crippen LogP contribution in [-0.4, -0.2) is 49.0 Å². The van der Waals surface area contributed by atoms with Crippen molar-refractivity contribution in [3.8, 4) is 16.5 Å². The highest BCUT2D eigenvalue weighted by atomic mass is 35.5. The van der Waals surface area contributed by atoms with E-state index in [4.69, 9.17) is 16.3 Å². The van der Waals surface area contributed by atoms with E-state index in [1.54, 1.807) is 21.6 Å². The second-order valence-electron chi connectivity index (χ2n) is 7.52. The first-order chi connectivity index (χ1) is 15.3. The third kappa shape index (κ3) is 4.77. The highest BCUT2D eigenvalue weighted by molar-refractivity contribution is 7.92. The molecular formula is C21H23ClN4O4S2. The Morgan fingerprint density at radius 3 is 2.69 bits per heavy atom. The van der Waals surface area contributed by atoms with Crippen LogP contribution in [0.4, 0.5) is 5.69 Å². The Labute approximate surface area is 195 Å². The summed E-state index contributed by atoms with van der Waals surface area (Å²) in [4.78, 5) is 19.1. The van der Waals surface area contributed by atoms with Gasteiger partial charge in [-0.25, -0.2) is 13.4 Å². The smallest absolute Gasteiger partial charge is 0.263 e. The van der Waals surface area contributed by atoms with Crippen molar-refractivity contribution >= 4 is 44.6 Å². The Balaban J connectivity index is 1.70. The summed E-state index contributed by atoms with van der Waals surface area (Å²) in [7, 11) is -2.53. The Kier molecular flexibility index (Phi) is 6.45. The molecule has 0 bridgehead atoms. The number of aromatic nitrogens is 2. The predicted octanol–water partition coefficient (Wildman–Crippen LogP) is 4.01. The van der Waals surface area contributed by atoms with Crippen LogP contribution in [0.1, 0.15) is 18.5 Å². The lowest BCUT2D eigenvalue weighted by atomic mass is 10.3. The molecule has 1 N–H and O–H groups in total. The number of ether oxygens (including phenoxy) is 1. The van der Waals surface area contributed by atoms with Crippen molar-refractivity contribution in [2.45, 2.75) is 31.2 Å². The van der Waals surface area contributed by atoms with Crippen LogP contribution >= 0.6 is 22.9 Å². The number of hydrogen-bond donors (Lipinski definition) is 1. The maximum atomic E-state index is 13.2. The molecule has 170 valence electrons. The van der Waals surface area contributed by atoms with Crippen molar-refractivity contribution in [2.75, 3.05) is 24.9 Å². The summed E-state index contributed by atoms with van der Waals surface area (Å²) in [5, 5.41) is 2.91. The summed E-state index contributed by atoms with van der Waals surface area (Å²) in [6.45, 7) is 3.37. The molecule has 0 aliphatic carbocycles. The molecule has 3 aromatic rings. The van der Waals surface area contributed by atoms with Gasteiger partial charge in [0.05, 0.1) is 18.5 Å². The fraction of sp³-hybridized carbons (Fsp3) is 0.333. The van der Waals surface area contributed by atoms with Crippen LogP contribution in [0.2, 0.25) is 5.02 Å². The van der Waals surface area contributed by atoms with E-state index in [1.807, 2.05) is 12.3 Å². The molecule has 1 aliphatic rings. The molecule has 1 aliphatic heterocycles. The van der Waals surface area contributed by atoms with E-state index >= 15 is 0 Å². The van der Waals surface area contributed by atoms with Crippen molar-refractivity contribution in [1.82, 2.24) is 14.5 Å². The number of benzene rings is 1. The highest BCUT2D eigenvalue weighted by Crippen LogP contribution is 2.32. The Morgan fingerprint density at radius 1 is 1.28 bits per heavy atom. The first-order valence-electron chi connectivity index (χ1n) is 10.0. The van der Waals surface area contributed by atoms with Gasteiger partial charge in [0.25, 0.3) is 10.0 Å². The Morgan fingerprint density at radius 2 is 2.03 bits per heavy atom. The van der Waals surface area contributed by atoms with Crippen molar-refractivity contribution in [1.29, 1.82) is 0 Å². The molecule has 4 rings (SSSR count). The molecule has 0 radical (unpaired) electrons. The third-order valence-electron chi connectivity index (χ3n) is 5.19. The molecule has 3 heterocycles. The number of hydrogen-bond acceptors (Lipinski definition) is 6. The predicted molar refractivity (Wildman–Crippen MR) is 125 cm³/mol. The van der Waals surface area contributed by atoms with Crippen LogP contribution in [0.5, 0.6) is 5.75 Å². The standard InChI is InChI=1S/C21H23ClN4O4S2/c1-14-13-31-21(23-14)18-10-16(11-26(18)12-20(27)25-7-3-4-8-25)32(28,29)24-17-9-15(22)5-6-19(17)30-2/h5-6,9-11,13,24H,3-4,7-8,12H2,1-2H3. The molecule has 0 saturated carbocycles. The zero-order valence-corrected chi connectivity index (χ0v) is 20.1. The number of likely N-dealkylation sites (tertiary alicyclic amines) is 1. The molecule has 0 spiro atoms. The number of aryl methyl sites for hydroxylation is 1. The van der Waals surface area contributed by atoms with E-state index in [9.17, 15) is 13.2 Å². The molecule has 2 aromatic heterocycles. The fourth-order valence-corrected chi connectivity index (χ4v) is 5.69. The number of rotatable bonds is 7. The van der Waals surface area contributed by atoms with Gasteiger partial charge >= 0.3 is 0 Å². The summed E-state index contributed by atoms with van der Waals surface area (Å²) < 4.78 is 35.8. The van der Waals surface area contributed by atoms with Gasteiger partial charge in [-0.15, -0.1) is 11.3 Å². The molecule has 32 heavy (non-hydrogen) atoms. The molecule has 1 amide bonds. The minimum absolute atomic E-state index is 0.0246. The minimum Gasteiger partial charge on any atom is -0.495 e. The summed E-state index contributed by atoms with van der Waals surface area (Å²) in [6, 6.07) is 6.22. The van der Waals surface area contributed by atoms with Crippen LogP contribution in [0, 0.1) is 6.92 Å². The van der Waals surface area contributed by atoms with Gasteiger partial charge in [-0.1, -0.05) is 11.6 Å². The summed E-state index contributed by atoms with van der Waals surface area (Å²) >= 11 is 7.44. The quantitative estimate of drug-likeness (QED) is 0.535. The van der Waals surface area contributed by atoms with E-state index in [0.29, 0.717) is 21.5 Å². The maximum absolute atomic E-state index is 13.2. The number of amides is 1. The summed E-state index contributed by atoms with van der Waals surface area (Å²) in [6.07, 6.45) is 3.45. The van der Waals surface area contributed by atoms with E-state index in [0.717, 1.165) is 31.6 Å². The molecule has 0 unspecified atom stereocenters. The Hall–Kier alpha value is -2.56. The van der Waals surface area contributed by atoms with Gasteiger partial charge in [-0.3, -0.25) is 9.52 Å². The average molecular weight is 495 g/mol. The molecule has 1 fully saturated rings. The van der Waals surface area contributed by atoms with Crippen LogP contribution < -0.4 is 9.46 Å². The SMILES string of the molecule is COc1ccc(Cl)cc1NS(=O)(=O)c1cc(-c2nc(C)cs2)n(CC(=O)N2CCCC2)c1. The number of nitrogens with zero attached hydrogens (tertiary/aromatic N) is 3. The second-order valence-corrected chi connectivity index (χ2v) is 10.5. The van der Waals surface area contributed by atoms with Crippen LogP contribution in [0.25, 0.3) is 10.7 Å². The van der Waals surface area contributed by atoms with Crippen molar-refractivity contribution in [3.63, 3.8) is 0 Å². The second kappa shape index (κ2) is 9.13. The van der Waals surface area contributed by atoms with Gasteiger partial charge in [-0.2, -0.15) is 0 Å². The minimum atomic E-state index is -3.98. The normalized spacial score (nSPS) is 14.0. The number of carbonyl (C=O) groups excluding carboxylic acids is 1. The molecular weight excluding hydrogens is 472 g/mol. The first-order valence-corrected chi connectivity index (χ1v) is 12.8. The van der Waals surface area contributed by atoms with Gasteiger partial charge in [-0.05, 0) is 44.0 Å². The number of sulfonamides is 1. The monoisotopic (exact) mass is 494 g/mol. The number of halogens is 1. The van der Waals surface area contributed by atoms with Gasteiger partial charge in [0.2, 0.25) is 5.91 Å². The number of carbonyl (C=O) groups is 1. The molecule has 8 nitrogen and oxygen atoms in total. The van der Waals surface area contributed by atoms with Crippen molar-refractivity contribution < 1.29 is 17.9 Å². The summed E-state index contributed by atoms with van der Waals surface area (Å²) in [5.74, 6) is 0.304. The topological polar surface area (TPSA) is 93.5 Å². The molecule has 1 saturated heterocycles. The average Bonchev–Trinajstić information content (AvgIpc) is 3.48. The van der Waals surface area contributed by atoms with Gasteiger partial charge in [0.15, 0.2) is 0 Å².